The number of carbonyl (C=O) groups is 1. The number of allylic oxidation sites excluding steroid dienone is 5. The molecule has 1 aliphatic rings. The van der Waals surface area contributed by atoms with Crippen molar-refractivity contribution in [3.8, 4) is 0 Å². The molecule has 1 atom stereocenters. The number of carbonyl (C=O) groups excluding carboxylic acids is 1. The van der Waals surface area contributed by atoms with E-state index in [2.05, 4.69) is 32.9 Å². The molecule has 8 heteroatoms. The average Bonchev–Trinajstić information content (AvgIpc) is 2.64. The Labute approximate surface area is 180 Å². The predicted molar refractivity (Wildman–Crippen MR) is 119 cm³/mol. The van der Waals surface area contributed by atoms with Gasteiger partial charge in [-0.15, -0.1) is 0 Å². The third-order valence-corrected chi connectivity index (χ3v) is 5.41. The van der Waals surface area contributed by atoms with Crippen LogP contribution in [0.5, 0.6) is 0 Å². The van der Waals surface area contributed by atoms with E-state index in [0.29, 0.717) is 13.0 Å². The summed E-state index contributed by atoms with van der Waals surface area (Å²) in [7, 11) is -4.47. The summed E-state index contributed by atoms with van der Waals surface area (Å²) >= 11 is 0. The molecule has 0 bridgehead atoms. The maximum absolute atomic E-state index is 12.3. The number of ether oxygens (including phenoxy) is 1. The van der Waals surface area contributed by atoms with Crippen molar-refractivity contribution in [1.82, 2.24) is 5.06 Å². The first kappa shape index (κ1) is 26.8. The maximum Gasteiger partial charge on any atom is 0.335 e. The highest BCUT2D eigenvalue weighted by Crippen LogP contribution is 2.34. The lowest BCUT2D eigenvalue weighted by Gasteiger charge is -2.29. The molecule has 1 aliphatic heterocycles. The van der Waals surface area contributed by atoms with Crippen LogP contribution in [0.25, 0.3) is 0 Å². The molecule has 0 aromatic carbocycles. The first-order valence-electron chi connectivity index (χ1n) is 10.6. The third kappa shape index (κ3) is 13.1. The van der Waals surface area contributed by atoms with Crippen molar-refractivity contribution >= 4 is 13.5 Å². The van der Waals surface area contributed by atoms with Crippen LogP contribution in [-0.2, 0) is 18.9 Å². The minimum atomic E-state index is -4.47. The van der Waals surface area contributed by atoms with Gasteiger partial charge in [0.1, 0.15) is 6.16 Å². The largest absolute Gasteiger partial charge is 0.350 e. The lowest BCUT2D eigenvalue weighted by atomic mass is 10.1. The Morgan fingerprint density at radius 2 is 1.70 bits per heavy atom. The van der Waals surface area contributed by atoms with E-state index in [0.717, 1.165) is 49.2 Å². The third-order valence-electron chi connectivity index (χ3n) is 4.73. The van der Waals surface area contributed by atoms with E-state index >= 15 is 0 Å². The predicted octanol–water partition coefficient (Wildman–Crippen LogP) is 4.87. The number of hydroxylamine groups is 2. The Bertz CT molecular complexity index is 669. The molecule has 30 heavy (non-hydrogen) atoms. The normalized spacial score (nSPS) is 18.3. The van der Waals surface area contributed by atoms with Crippen LogP contribution in [0.3, 0.4) is 0 Å². The number of amides is 1. The molecule has 0 aliphatic carbocycles. The van der Waals surface area contributed by atoms with Gasteiger partial charge < -0.3 is 14.5 Å². The molecule has 2 N–H and O–H groups in total. The van der Waals surface area contributed by atoms with Crippen molar-refractivity contribution in [2.24, 2.45) is 0 Å². The van der Waals surface area contributed by atoms with Gasteiger partial charge in [-0.1, -0.05) is 34.9 Å². The first-order valence-corrected chi connectivity index (χ1v) is 12.4. The lowest BCUT2D eigenvalue weighted by molar-refractivity contribution is -0.275. The highest BCUT2D eigenvalue weighted by molar-refractivity contribution is 7.52. The summed E-state index contributed by atoms with van der Waals surface area (Å²) in [4.78, 5) is 36.2. The van der Waals surface area contributed by atoms with E-state index in [9.17, 15) is 9.36 Å². The first-order chi connectivity index (χ1) is 14.1. The molecular weight excluding hydrogens is 405 g/mol. The Hall–Kier alpha value is -1.24. The van der Waals surface area contributed by atoms with Crippen LogP contribution in [0.15, 0.2) is 34.9 Å². The van der Waals surface area contributed by atoms with Crippen LogP contribution in [0.1, 0.15) is 72.6 Å². The van der Waals surface area contributed by atoms with Crippen molar-refractivity contribution in [2.45, 2.75) is 78.9 Å². The molecule has 1 amide bonds. The van der Waals surface area contributed by atoms with E-state index < -0.39 is 26.0 Å². The second-order valence-corrected chi connectivity index (χ2v) is 9.78. The standard InChI is InChI=1S/C22H38NO6P/c1-18(2)9-7-10-19(3)11-8-12-20(4)14-15-23(21(24)17-30(25,26)27)29-22-13-5-6-16-28-22/h9,11,14,22H,5-8,10,12-13,15-17H2,1-4H3,(H2,25,26,27). The van der Waals surface area contributed by atoms with Gasteiger partial charge in [0.15, 0.2) is 6.29 Å². The highest BCUT2D eigenvalue weighted by Gasteiger charge is 2.27. The fraction of sp³-hybridized carbons (Fsp3) is 0.682. The van der Waals surface area contributed by atoms with Crippen molar-refractivity contribution in [3.05, 3.63) is 34.9 Å². The minimum absolute atomic E-state index is 0.133. The van der Waals surface area contributed by atoms with Gasteiger partial charge in [0.05, 0.1) is 6.54 Å². The van der Waals surface area contributed by atoms with Crippen LogP contribution in [0.2, 0.25) is 0 Å². The lowest BCUT2D eigenvalue weighted by Crippen LogP contribution is -2.39. The summed E-state index contributed by atoms with van der Waals surface area (Å²) in [6.07, 6.45) is 11.3. The van der Waals surface area contributed by atoms with Crippen LogP contribution in [-0.4, -0.2) is 46.4 Å². The second-order valence-electron chi connectivity index (χ2n) is 8.14. The smallest absolute Gasteiger partial charge is 0.335 e. The van der Waals surface area contributed by atoms with E-state index in [-0.39, 0.29) is 6.54 Å². The fourth-order valence-electron chi connectivity index (χ4n) is 2.97. The summed E-state index contributed by atoms with van der Waals surface area (Å²) in [5.41, 5.74) is 3.78. The van der Waals surface area contributed by atoms with Crippen LogP contribution >= 0.6 is 7.60 Å². The molecule has 7 nitrogen and oxygen atoms in total. The van der Waals surface area contributed by atoms with Gasteiger partial charge in [-0.25, -0.2) is 9.90 Å². The van der Waals surface area contributed by atoms with Crippen LogP contribution in [0, 0.1) is 0 Å². The van der Waals surface area contributed by atoms with Crippen LogP contribution in [0.4, 0.5) is 0 Å². The fourth-order valence-corrected chi connectivity index (χ4v) is 3.48. The molecule has 1 fully saturated rings. The summed E-state index contributed by atoms with van der Waals surface area (Å²) in [6.45, 7) is 9.01. The van der Waals surface area contributed by atoms with Gasteiger partial charge in [0, 0.05) is 13.0 Å². The molecule has 0 aromatic rings. The van der Waals surface area contributed by atoms with E-state index in [1.807, 2.05) is 13.0 Å². The van der Waals surface area contributed by atoms with Gasteiger partial charge in [-0.05, 0) is 66.2 Å². The van der Waals surface area contributed by atoms with Crippen molar-refractivity contribution < 1.29 is 28.7 Å². The molecule has 0 radical (unpaired) electrons. The Morgan fingerprint density at radius 1 is 1.07 bits per heavy atom. The molecule has 172 valence electrons. The maximum atomic E-state index is 12.3. The summed E-state index contributed by atoms with van der Waals surface area (Å²) in [5.74, 6) is -0.739. The van der Waals surface area contributed by atoms with E-state index in [1.54, 1.807) is 0 Å². The van der Waals surface area contributed by atoms with E-state index in [1.165, 1.54) is 11.1 Å². The van der Waals surface area contributed by atoms with E-state index in [4.69, 9.17) is 19.4 Å². The number of nitrogens with zero attached hydrogens (tertiary/aromatic N) is 1. The van der Waals surface area contributed by atoms with Crippen molar-refractivity contribution in [3.63, 3.8) is 0 Å². The van der Waals surface area contributed by atoms with Crippen LogP contribution < -0.4 is 0 Å². The Morgan fingerprint density at radius 3 is 2.27 bits per heavy atom. The van der Waals surface area contributed by atoms with Gasteiger partial charge in [-0.2, -0.15) is 0 Å². The zero-order valence-corrected chi connectivity index (χ0v) is 19.7. The molecular formula is C22H38NO6P. The Kier molecular flexibility index (Phi) is 12.5. The number of hydrogen-bond donors (Lipinski definition) is 2. The zero-order chi connectivity index (χ0) is 22.6. The number of rotatable bonds is 12. The van der Waals surface area contributed by atoms with Gasteiger partial charge in [0.25, 0.3) is 5.91 Å². The molecule has 1 rings (SSSR count). The highest BCUT2D eigenvalue weighted by atomic mass is 31.2. The molecule has 0 spiro atoms. The molecule has 0 saturated carbocycles. The van der Waals surface area contributed by atoms with Gasteiger partial charge in [0.2, 0.25) is 0 Å². The van der Waals surface area contributed by atoms with Crippen molar-refractivity contribution in [2.75, 3.05) is 19.3 Å². The van der Waals surface area contributed by atoms with Crippen molar-refractivity contribution in [1.29, 1.82) is 0 Å². The minimum Gasteiger partial charge on any atom is -0.350 e. The zero-order valence-electron chi connectivity index (χ0n) is 18.8. The summed E-state index contributed by atoms with van der Waals surface area (Å²) < 4.78 is 16.7. The summed E-state index contributed by atoms with van der Waals surface area (Å²) in [5, 5.41) is 1.03. The van der Waals surface area contributed by atoms with Gasteiger partial charge in [-0.3, -0.25) is 9.36 Å². The topological polar surface area (TPSA) is 96.3 Å². The monoisotopic (exact) mass is 443 g/mol. The second kappa shape index (κ2) is 13.9. The number of hydrogen-bond acceptors (Lipinski definition) is 4. The Balaban J connectivity index is 2.59. The SMILES string of the molecule is CC(C)=CCCC(C)=CCCC(C)=CCN(OC1CCCCO1)C(=O)CP(=O)(O)O. The molecule has 1 heterocycles. The molecule has 1 unspecified atom stereocenters. The molecule has 1 saturated heterocycles. The van der Waals surface area contributed by atoms with Gasteiger partial charge >= 0.3 is 7.60 Å². The summed E-state index contributed by atoms with van der Waals surface area (Å²) in [6, 6.07) is 0. The molecule has 0 aromatic heterocycles. The quantitative estimate of drug-likeness (QED) is 0.254. The average molecular weight is 444 g/mol.